The molecule has 2 N–H and O–H groups in total. The molecule has 0 aliphatic carbocycles. The van der Waals surface area contributed by atoms with Crippen LogP contribution in [0.4, 0.5) is 0 Å². The van der Waals surface area contributed by atoms with Gasteiger partial charge in [-0.1, -0.05) is 38.2 Å². The minimum absolute atomic E-state index is 0.153. The van der Waals surface area contributed by atoms with Gasteiger partial charge < -0.3 is 10.2 Å². The molecule has 0 aromatic heterocycles. The summed E-state index contributed by atoms with van der Waals surface area (Å²) in [5.41, 5.74) is 2.32. The monoisotopic (exact) mass is 310 g/mol. The van der Waals surface area contributed by atoms with Gasteiger partial charge in [-0.3, -0.25) is 0 Å². The van der Waals surface area contributed by atoms with Crippen LogP contribution < -0.4 is 0 Å². The third kappa shape index (κ3) is 7.23. The molecule has 0 saturated carbocycles. The maximum Gasteiger partial charge on any atom is 0.132 e. The third-order valence-corrected chi connectivity index (χ3v) is 4.59. The Morgan fingerprint density at radius 1 is 1.05 bits per heavy atom. The van der Waals surface area contributed by atoms with Crippen molar-refractivity contribution in [1.29, 1.82) is 0 Å². The lowest BCUT2D eigenvalue weighted by Crippen LogP contribution is -1.98. The fraction of sp³-hybridized carbons (Fsp3) is 0.667. The molecule has 1 rings (SSSR count). The van der Waals surface area contributed by atoms with E-state index in [1.54, 1.807) is 11.8 Å². The SMILES string of the molecule is CSc1cc(C)cc(CCCCCCCCC(C)O)c1O. The highest BCUT2D eigenvalue weighted by molar-refractivity contribution is 7.98. The number of aromatic hydroxyl groups is 1. The molecule has 1 aromatic carbocycles. The molecule has 120 valence electrons. The number of hydrogen-bond acceptors (Lipinski definition) is 3. The average Bonchev–Trinajstić information content (AvgIpc) is 2.44. The van der Waals surface area contributed by atoms with Gasteiger partial charge in [0.05, 0.1) is 6.10 Å². The van der Waals surface area contributed by atoms with Gasteiger partial charge in [0.2, 0.25) is 0 Å². The van der Waals surface area contributed by atoms with Crippen LogP contribution in [0.3, 0.4) is 0 Å². The van der Waals surface area contributed by atoms with Crippen LogP contribution in [0.15, 0.2) is 17.0 Å². The van der Waals surface area contributed by atoms with Gasteiger partial charge in [-0.05, 0) is 56.6 Å². The van der Waals surface area contributed by atoms with Gasteiger partial charge in [-0.2, -0.15) is 0 Å². The molecule has 0 saturated heterocycles. The summed E-state index contributed by atoms with van der Waals surface area (Å²) in [6.07, 6.45) is 11.0. The zero-order valence-electron chi connectivity index (χ0n) is 13.7. The first-order chi connectivity index (χ1) is 10.0. The number of benzene rings is 1. The molecule has 2 nitrogen and oxygen atoms in total. The molecule has 3 heteroatoms. The Morgan fingerprint density at radius 3 is 2.29 bits per heavy atom. The van der Waals surface area contributed by atoms with Gasteiger partial charge >= 0.3 is 0 Å². The molecule has 21 heavy (non-hydrogen) atoms. The van der Waals surface area contributed by atoms with Crippen molar-refractivity contribution in [2.24, 2.45) is 0 Å². The molecule has 1 atom stereocenters. The third-order valence-electron chi connectivity index (χ3n) is 3.84. The van der Waals surface area contributed by atoms with Crippen molar-refractivity contribution < 1.29 is 10.2 Å². The summed E-state index contributed by atoms with van der Waals surface area (Å²) in [7, 11) is 0. The van der Waals surface area contributed by atoms with Gasteiger partial charge in [0.25, 0.3) is 0 Å². The van der Waals surface area contributed by atoms with Crippen LogP contribution in [-0.4, -0.2) is 22.6 Å². The molecule has 1 aromatic rings. The van der Waals surface area contributed by atoms with Crippen molar-refractivity contribution in [1.82, 2.24) is 0 Å². The van der Waals surface area contributed by atoms with Crippen LogP contribution in [0, 0.1) is 6.92 Å². The molecular formula is C18H30O2S. The molecule has 0 radical (unpaired) electrons. The van der Waals surface area contributed by atoms with E-state index in [0.29, 0.717) is 5.75 Å². The number of unbranched alkanes of at least 4 members (excludes halogenated alkanes) is 5. The van der Waals surface area contributed by atoms with Gasteiger partial charge in [-0.25, -0.2) is 0 Å². The highest BCUT2D eigenvalue weighted by Gasteiger charge is 2.07. The summed E-state index contributed by atoms with van der Waals surface area (Å²) in [6, 6.07) is 4.16. The van der Waals surface area contributed by atoms with Crippen molar-refractivity contribution in [3.05, 3.63) is 23.3 Å². The number of aliphatic hydroxyl groups is 1. The number of aryl methyl sites for hydroxylation is 2. The lowest BCUT2D eigenvalue weighted by Gasteiger charge is -2.10. The summed E-state index contributed by atoms with van der Waals surface area (Å²) >= 11 is 1.61. The van der Waals surface area contributed by atoms with E-state index < -0.39 is 0 Å². The summed E-state index contributed by atoms with van der Waals surface area (Å²) in [6.45, 7) is 3.95. The molecule has 0 aliphatic rings. The van der Waals surface area contributed by atoms with Crippen molar-refractivity contribution in [2.45, 2.75) is 76.2 Å². The lowest BCUT2D eigenvalue weighted by molar-refractivity contribution is 0.180. The average molecular weight is 311 g/mol. The summed E-state index contributed by atoms with van der Waals surface area (Å²) in [4.78, 5) is 0.989. The molecular weight excluding hydrogens is 280 g/mol. The number of phenols is 1. The Balaban J connectivity index is 2.22. The number of phenolic OH excluding ortho intramolecular Hbond substituents is 1. The summed E-state index contributed by atoms with van der Waals surface area (Å²) < 4.78 is 0. The zero-order valence-corrected chi connectivity index (χ0v) is 14.5. The highest BCUT2D eigenvalue weighted by Crippen LogP contribution is 2.32. The molecule has 1 unspecified atom stereocenters. The highest BCUT2D eigenvalue weighted by atomic mass is 32.2. The van der Waals surface area contributed by atoms with Gasteiger partial charge in [0.15, 0.2) is 0 Å². The Hall–Kier alpha value is -0.670. The van der Waals surface area contributed by atoms with Crippen LogP contribution >= 0.6 is 11.8 Å². The first kappa shape index (κ1) is 18.4. The van der Waals surface area contributed by atoms with E-state index in [1.807, 2.05) is 19.2 Å². The van der Waals surface area contributed by atoms with E-state index in [1.165, 1.54) is 31.2 Å². The van der Waals surface area contributed by atoms with Gasteiger partial charge in [-0.15, -0.1) is 11.8 Å². The number of thioether (sulfide) groups is 1. The molecule has 0 amide bonds. The van der Waals surface area contributed by atoms with Crippen LogP contribution in [0.2, 0.25) is 0 Å². The number of rotatable bonds is 10. The number of hydrogen-bond donors (Lipinski definition) is 2. The van der Waals surface area contributed by atoms with Crippen molar-refractivity contribution in [3.8, 4) is 5.75 Å². The van der Waals surface area contributed by atoms with Crippen LogP contribution in [-0.2, 0) is 6.42 Å². The van der Waals surface area contributed by atoms with Gasteiger partial charge in [0, 0.05) is 4.90 Å². The molecule has 0 fully saturated rings. The standard InChI is InChI=1S/C18H30O2S/c1-14-12-16(18(20)17(13-14)21-3)11-9-7-5-4-6-8-10-15(2)19/h12-13,15,19-20H,4-11H2,1-3H3. The normalized spacial score (nSPS) is 12.6. The second-order valence-corrected chi connectivity index (χ2v) is 6.83. The van der Waals surface area contributed by atoms with E-state index in [9.17, 15) is 10.2 Å². The van der Waals surface area contributed by atoms with E-state index >= 15 is 0 Å². The van der Waals surface area contributed by atoms with Crippen molar-refractivity contribution in [2.75, 3.05) is 6.26 Å². The maximum atomic E-state index is 10.2. The quantitative estimate of drug-likeness (QED) is 0.468. The fourth-order valence-corrected chi connectivity index (χ4v) is 3.25. The minimum atomic E-state index is -0.153. The van der Waals surface area contributed by atoms with E-state index in [0.717, 1.165) is 36.1 Å². The second-order valence-electron chi connectivity index (χ2n) is 5.98. The maximum absolute atomic E-state index is 10.2. The van der Waals surface area contributed by atoms with Crippen molar-refractivity contribution in [3.63, 3.8) is 0 Å². The lowest BCUT2D eigenvalue weighted by atomic mass is 10.0. The fourth-order valence-electron chi connectivity index (χ4n) is 2.63. The molecule has 0 heterocycles. The Morgan fingerprint density at radius 2 is 1.67 bits per heavy atom. The topological polar surface area (TPSA) is 40.5 Å². The van der Waals surface area contributed by atoms with E-state index in [2.05, 4.69) is 13.0 Å². The molecule has 0 bridgehead atoms. The summed E-state index contributed by atoms with van der Waals surface area (Å²) in [5, 5.41) is 19.4. The Bertz CT molecular complexity index is 416. The van der Waals surface area contributed by atoms with Gasteiger partial charge in [0.1, 0.15) is 5.75 Å². The predicted molar refractivity (Wildman–Crippen MR) is 92.3 cm³/mol. The first-order valence-electron chi connectivity index (χ1n) is 8.09. The van der Waals surface area contributed by atoms with Crippen LogP contribution in [0.5, 0.6) is 5.75 Å². The van der Waals surface area contributed by atoms with Crippen LogP contribution in [0.1, 0.15) is 63.0 Å². The Kier molecular flexibility index (Phi) is 8.86. The van der Waals surface area contributed by atoms with E-state index in [-0.39, 0.29) is 6.10 Å². The van der Waals surface area contributed by atoms with Crippen molar-refractivity contribution >= 4 is 11.8 Å². The molecule has 0 spiro atoms. The zero-order chi connectivity index (χ0) is 15.7. The minimum Gasteiger partial charge on any atom is -0.506 e. The largest absolute Gasteiger partial charge is 0.506 e. The number of aliphatic hydroxyl groups excluding tert-OH is 1. The smallest absolute Gasteiger partial charge is 0.132 e. The second kappa shape index (κ2) is 10.1. The summed E-state index contributed by atoms with van der Waals surface area (Å²) in [5.74, 6) is 0.477. The first-order valence-corrected chi connectivity index (χ1v) is 9.31. The van der Waals surface area contributed by atoms with E-state index in [4.69, 9.17) is 0 Å². The van der Waals surface area contributed by atoms with Crippen LogP contribution in [0.25, 0.3) is 0 Å². The predicted octanol–water partition coefficient (Wildman–Crippen LogP) is 5.08. The molecule has 0 aliphatic heterocycles. The Labute approximate surface area is 134 Å².